The fraction of sp³-hybridized carbons (Fsp3) is 0.316. The van der Waals surface area contributed by atoms with Crippen LogP contribution in [-0.2, 0) is 0 Å². The van der Waals surface area contributed by atoms with Crippen LogP contribution >= 0.6 is 0 Å². The highest BCUT2D eigenvalue weighted by molar-refractivity contribution is 5.89. The molecule has 0 radical (unpaired) electrons. The number of nitrogens with zero attached hydrogens (tertiary/aromatic N) is 1. The lowest BCUT2D eigenvalue weighted by molar-refractivity contribution is 0.186. The summed E-state index contributed by atoms with van der Waals surface area (Å²) in [6, 6.07) is 17.3. The quantitative estimate of drug-likeness (QED) is 0.879. The number of amides is 2. The number of methoxy groups -OCH3 is 1. The molecule has 1 atom stereocenters. The van der Waals surface area contributed by atoms with Crippen molar-refractivity contribution in [2.24, 2.45) is 5.92 Å². The first-order chi connectivity index (χ1) is 11.0. The van der Waals surface area contributed by atoms with E-state index in [0.29, 0.717) is 11.7 Å². The molecule has 1 N–H and O–H groups in total. The van der Waals surface area contributed by atoms with Gasteiger partial charge in [-0.05, 0) is 23.6 Å². The van der Waals surface area contributed by atoms with Gasteiger partial charge in [0.05, 0.1) is 13.2 Å². The van der Waals surface area contributed by atoms with E-state index >= 15 is 0 Å². The summed E-state index contributed by atoms with van der Waals surface area (Å²) >= 11 is 0. The Morgan fingerprint density at radius 3 is 2.39 bits per heavy atom. The van der Waals surface area contributed by atoms with Crippen molar-refractivity contribution in [3.8, 4) is 5.75 Å². The molecule has 0 saturated heterocycles. The van der Waals surface area contributed by atoms with Gasteiger partial charge < -0.3 is 15.0 Å². The lowest BCUT2D eigenvalue weighted by atomic mass is 9.95. The third-order valence-electron chi connectivity index (χ3n) is 3.83. The lowest BCUT2D eigenvalue weighted by Gasteiger charge is -2.31. The Hall–Kier alpha value is -2.49. The van der Waals surface area contributed by atoms with Crippen LogP contribution in [0.25, 0.3) is 0 Å². The maximum absolute atomic E-state index is 12.6. The topological polar surface area (TPSA) is 41.6 Å². The second kappa shape index (κ2) is 7.68. The van der Waals surface area contributed by atoms with Crippen LogP contribution in [0.2, 0.25) is 0 Å². The minimum Gasteiger partial charge on any atom is -0.497 e. The Kier molecular flexibility index (Phi) is 5.63. The zero-order valence-corrected chi connectivity index (χ0v) is 14.1. The fourth-order valence-electron chi connectivity index (χ4n) is 2.74. The summed E-state index contributed by atoms with van der Waals surface area (Å²) in [5.74, 6) is 1.02. The maximum Gasteiger partial charge on any atom is 0.322 e. The molecular formula is C19H24N2O2. The summed E-state index contributed by atoms with van der Waals surface area (Å²) in [6.45, 7) is 4.24. The van der Waals surface area contributed by atoms with Gasteiger partial charge in [0.15, 0.2) is 0 Å². The number of urea groups is 1. The molecule has 0 aliphatic carbocycles. The molecule has 0 aromatic heterocycles. The standard InChI is InChI=1S/C19H24N2O2/c1-14(2)18(15-9-6-5-7-10-15)21(3)19(22)20-16-11-8-12-17(13-16)23-4/h5-14,18H,1-4H3,(H,20,22)/t18-/m0/s1. The largest absolute Gasteiger partial charge is 0.497 e. The average molecular weight is 312 g/mol. The summed E-state index contributed by atoms with van der Waals surface area (Å²) in [5, 5.41) is 2.93. The van der Waals surface area contributed by atoms with E-state index in [4.69, 9.17) is 4.74 Å². The van der Waals surface area contributed by atoms with Gasteiger partial charge in [-0.15, -0.1) is 0 Å². The minimum absolute atomic E-state index is 0.0156. The molecule has 23 heavy (non-hydrogen) atoms. The molecule has 2 aromatic rings. The van der Waals surface area contributed by atoms with E-state index in [0.717, 1.165) is 11.3 Å². The van der Waals surface area contributed by atoms with Gasteiger partial charge in [0.25, 0.3) is 0 Å². The zero-order valence-electron chi connectivity index (χ0n) is 14.1. The Bertz CT molecular complexity index is 641. The normalized spacial score (nSPS) is 11.9. The molecule has 0 spiro atoms. The number of rotatable bonds is 5. The second-order valence-electron chi connectivity index (χ2n) is 5.87. The summed E-state index contributed by atoms with van der Waals surface area (Å²) < 4.78 is 5.19. The van der Waals surface area contributed by atoms with E-state index in [2.05, 4.69) is 31.3 Å². The molecule has 4 heteroatoms. The van der Waals surface area contributed by atoms with Crippen molar-refractivity contribution in [1.82, 2.24) is 4.90 Å². The number of ether oxygens (including phenoxy) is 1. The Morgan fingerprint density at radius 1 is 1.09 bits per heavy atom. The van der Waals surface area contributed by atoms with E-state index in [-0.39, 0.29) is 12.1 Å². The van der Waals surface area contributed by atoms with Crippen molar-refractivity contribution in [2.45, 2.75) is 19.9 Å². The van der Waals surface area contributed by atoms with Gasteiger partial charge in [-0.1, -0.05) is 50.2 Å². The first-order valence-electron chi connectivity index (χ1n) is 7.75. The third kappa shape index (κ3) is 4.25. The molecule has 0 heterocycles. The van der Waals surface area contributed by atoms with Gasteiger partial charge in [0, 0.05) is 18.8 Å². The molecule has 0 saturated carbocycles. The van der Waals surface area contributed by atoms with Crippen LogP contribution in [0.15, 0.2) is 54.6 Å². The number of hydrogen-bond acceptors (Lipinski definition) is 2. The van der Waals surface area contributed by atoms with Crippen molar-refractivity contribution in [1.29, 1.82) is 0 Å². The van der Waals surface area contributed by atoms with Gasteiger partial charge in [0.2, 0.25) is 0 Å². The maximum atomic E-state index is 12.6. The van der Waals surface area contributed by atoms with Crippen molar-refractivity contribution >= 4 is 11.7 Å². The molecule has 0 aliphatic heterocycles. The Morgan fingerprint density at radius 2 is 1.78 bits per heavy atom. The van der Waals surface area contributed by atoms with Crippen molar-refractivity contribution in [3.05, 3.63) is 60.2 Å². The van der Waals surface area contributed by atoms with Gasteiger partial charge in [-0.2, -0.15) is 0 Å². The molecule has 2 rings (SSSR count). The average Bonchev–Trinajstić information content (AvgIpc) is 2.55. The van der Waals surface area contributed by atoms with Crippen molar-refractivity contribution in [2.75, 3.05) is 19.5 Å². The highest BCUT2D eigenvalue weighted by Crippen LogP contribution is 2.28. The van der Waals surface area contributed by atoms with E-state index in [1.165, 1.54) is 0 Å². The molecule has 0 unspecified atom stereocenters. The zero-order chi connectivity index (χ0) is 16.8. The van der Waals surface area contributed by atoms with Crippen LogP contribution < -0.4 is 10.1 Å². The van der Waals surface area contributed by atoms with Crippen molar-refractivity contribution in [3.63, 3.8) is 0 Å². The third-order valence-corrected chi connectivity index (χ3v) is 3.83. The minimum atomic E-state index is -0.138. The number of anilines is 1. The van der Waals surface area contributed by atoms with Gasteiger partial charge in [-0.3, -0.25) is 0 Å². The molecule has 2 aromatic carbocycles. The van der Waals surface area contributed by atoms with Crippen LogP contribution in [-0.4, -0.2) is 25.1 Å². The first kappa shape index (κ1) is 16.9. The van der Waals surface area contributed by atoms with Crippen LogP contribution in [0.3, 0.4) is 0 Å². The Labute approximate surface area is 138 Å². The highest BCUT2D eigenvalue weighted by Gasteiger charge is 2.24. The number of carbonyl (C=O) groups excluding carboxylic acids is 1. The number of nitrogens with one attached hydrogen (secondary N) is 1. The second-order valence-corrected chi connectivity index (χ2v) is 5.87. The Balaban J connectivity index is 2.16. The molecular weight excluding hydrogens is 288 g/mol. The van der Waals surface area contributed by atoms with Crippen LogP contribution in [0.4, 0.5) is 10.5 Å². The van der Waals surface area contributed by atoms with E-state index < -0.39 is 0 Å². The number of carbonyl (C=O) groups is 1. The SMILES string of the molecule is COc1cccc(NC(=O)N(C)[C@H](c2ccccc2)C(C)C)c1. The van der Waals surface area contributed by atoms with Crippen LogP contribution in [0.5, 0.6) is 5.75 Å². The predicted molar refractivity (Wildman–Crippen MR) is 93.8 cm³/mol. The summed E-state index contributed by atoms with van der Waals surface area (Å²) in [7, 11) is 3.43. The predicted octanol–water partition coefficient (Wildman–Crippen LogP) is 4.56. The van der Waals surface area contributed by atoms with Crippen LogP contribution in [0, 0.1) is 5.92 Å². The molecule has 0 fully saturated rings. The van der Waals surface area contributed by atoms with E-state index in [1.54, 1.807) is 18.1 Å². The number of hydrogen-bond donors (Lipinski definition) is 1. The molecule has 4 nitrogen and oxygen atoms in total. The van der Waals surface area contributed by atoms with Gasteiger partial charge in [0.1, 0.15) is 5.75 Å². The van der Waals surface area contributed by atoms with E-state index in [1.807, 2.05) is 43.4 Å². The summed E-state index contributed by atoms with van der Waals surface area (Å²) in [6.07, 6.45) is 0. The van der Waals surface area contributed by atoms with Gasteiger partial charge >= 0.3 is 6.03 Å². The molecule has 122 valence electrons. The van der Waals surface area contributed by atoms with Crippen LogP contribution in [0.1, 0.15) is 25.5 Å². The summed E-state index contributed by atoms with van der Waals surface area (Å²) in [5.41, 5.74) is 1.85. The number of benzene rings is 2. The van der Waals surface area contributed by atoms with E-state index in [9.17, 15) is 4.79 Å². The monoisotopic (exact) mass is 312 g/mol. The lowest BCUT2D eigenvalue weighted by Crippen LogP contribution is -2.37. The first-order valence-corrected chi connectivity index (χ1v) is 7.75. The summed E-state index contributed by atoms with van der Waals surface area (Å²) in [4.78, 5) is 14.4. The molecule has 2 amide bonds. The van der Waals surface area contributed by atoms with Crippen molar-refractivity contribution < 1.29 is 9.53 Å². The molecule has 0 aliphatic rings. The van der Waals surface area contributed by atoms with Gasteiger partial charge in [-0.25, -0.2) is 4.79 Å². The smallest absolute Gasteiger partial charge is 0.322 e. The highest BCUT2D eigenvalue weighted by atomic mass is 16.5. The fourth-order valence-corrected chi connectivity index (χ4v) is 2.74. The molecule has 0 bridgehead atoms.